The number of benzene rings is 4. The first-order valence-corrected chi connectivity index (χ1v) is 17.2. The van der Waals surface area contributed by atoms with Gasteiger partial charge in [-0.1, -0.05) is 88.9 Å². The molecule has 1 atom stereocenters. The highest BCUT2D eigenvalue weighted by molar-refractivity contribution is 7.92. The molecular weight excluding hydrogens is 710 g/mol. The van der Waals surface area contributed by atoms with Crippen molar-refractivity contribution in [2.24, 2.45) is 0 Å². The van der Waals surface area contributed by atoms with Crippen LogP contribution in [-0.4, -0.2) is 44.3 Å². The van der Waals surface area contributed by atoms with E-state index in [0.29, 0.717) is 26.5 Å². The molecule has 14 heteroatoms. The summed E-state index contributed by atoms with van der Waals surface area (Å²) in [6, 6.07) is 20.5. The molecule has 4 rings (SSSR count). The first-order valence-electron chi connectivity index (χ1n) is 14.6. The van der Waals surface area contributed by atoms with Gasteiger partial charge in [0, 0.05) is 29.6 Å². The van der Waals surface area contributed by atoms with Crippen LogP contribution in [0, 0.1) is 6.92 Å². The van der Waals surface area contributed by atoms with E-state index < -0.39 is 56.9 Å². The quantitative estimate of drug-likeness (QED) is 0.160. The lowest BCUT2D eigenvalue weighted by Crippen LogP contribution is -2.53. The number of amides is 2. The first-order chi connectivity index (χ1) is 22.6. The second kappa shape index (κ2) is 15.6. The number of anilines is 1. The number of aryl methyl sites for hydroxylation is 1. The molecule has 4 aromatic carbocycles. The van der Waals surface area contributed by atoms with Crippen molar-refractivity contribution in [2.75, 3.05) is 17.4 Å². The molecule has 2 amide bonds. The topological polar surface area (TPSA) is 86.8 Å². The van der Waals surface area contributed by atoms with E-state index >= 15 is 0 Å². The monoisotopic (exact) mass is 739 g/mol. The highest BCUT2D eigenvalue weighted by Gasteiger charge is 2.37. The van der Waals surface area contributed by atoms with Crippen LogP contribution in [0.15, 0.2) is 95.9 Å². The van der Waals surface area contributed by atoms with E-state index in [0.717, 1.165) is 17.7 Å². The van der Waals surface area contributed by atoms with Gasteiger partial charge >= 0.3 is 6.18 Å². The van der Waals surface area contributed by atoms with E-state index in [1.54, 1.807) is 56.3 Å². The summed E-state index contributed by atoms with van der Waals surface area (Å²) >= 11 is 18.4. The summed E-state index contributed by atoms with van der Waals surface area (Å²) in [5.41, 5.74) is 0.0927. The number of carbonyl (C=O) groups is 2. The molecule has 0 bridgehead atoms. The van der Waals surface area contributed by atoms with Crippen LogP contribution in [0.25, 0.3) is 0 Å². The Morgan fingerprint density at radius 3 is 2.15 bits per heavy atom. The van der Waals surface area contributed by atoms with Crippen LogP contribution in [0.1, 0.15) is 29.2 Å². The summed E-state index contributed by atoms with van der Waals surface area (Å²) < 4.78 is 70.6. The zero-order valence-corrected chi connectivity index (χ0v) is 28.9. The molecule has 4 aromatic rings. The molecule has 0 aliphatic carbocycles. The Bertz CT molecular complexity index is 1880. The highest BCUT2D eigenvalue weighted by atomic mass is 35.5. The van der Waals surface area contributed by atoms with Gasteiger partial charge in [0.05, 0.1) is 21.2 Å². The molecule has 0 heterocycles. The predicted octanol–water partition coefficient (Wildman–Crippen LogP) is 7.95. The highest BCUT2D eigenvalue weighted by Crippen LogP contribution is 2.38. The lowest BCUT2D eigenvalue weighted by Gasteiger charge is -2.34. The van der Waals surface area contributed by atoms with E-state index in [-0.39, 0.29) is 29.4 Å². The number of hydrogen-bond donors (Lipinski definition) is 1. The maximum absolute atomic E-state index is 14.5. The Hall–Kier alpha value is -3.77. The minimum Gasteiger partial charge on any atom is -0.355 e. The van der Waals surface area contributed by atoms with Crippen molar-refractivity contribution in [3.05, 3.63) is 128 Å². The molecule has 0 aliphatic heterocycles. The number of nitrogens with one attached hydrogen (secondary N) is 1. The van der Waals surface area contributed by atoms with E-state index in [2.05, 4.69) is 5.32 Å². The molecule has 0 aromatic heterocycles. The third-order valence-electron chi connectivity index (χ3n) is 7.41. The van der Waals surface area contributed by atoms with Gasteiger partial charge in [-0.2, -0.15) is 13.2 Å². The van der Waals surface area contributed by atoms with Gasteiger partial charge in [0.25, 0.3) is 10.0 Å². The van der Waals surface area contributed by atoms with Crippen molar-refractivity contribution >= 4 is 62.3 Å². The number of hydrogen-bond acceptors (Lipinski definition) is 4. The van der Waals surface area contributed by atoms with Crippen LogP contribution in [0.4, 0.5) is 18.9 Å². The van der Waals surface area contributed by atoms with E-state index in [1.165, 1.54) is 35.2 Å². The van der Waals surface area contributed by atoms with Gasteiger partial charge in [-0.15, -0.1) is 0 Å². The summed E-state index contributed by atoms with van der Waals surface area (Å²) in [5, 5.41) is 2.59. The van der Waals surface area contributed by atoms with E-state index in [9.17, 15) is 31.2 Å². The standard InChI is InChI=1S/C34H31Cl3F3N3O4S/c1-3-41-33(45)31(17-23-7-5-4-6-8-23)42(20-24-11-12-25(35)18-30(24)37)32(44)21-43(48(46,47)27-14-9-22(2)10-15-27)26-13-16-29(36)28(19-26)34(38,39)40/h4-16,18-19,31H,3,17,20-21H2,1-2H3,(H,41,45). The molecule has 254 valence electrons. The number of carbonyl (C=O) groups excluding carboxylic acids is 2. The van der Waals surface area contributed by atoms with Gasteiger partial charge in [-0.3, -0.25) is 13.9 Å². The molecule has 0 saturated carbocycles. The van der Waals surface area contributed by atoms with Crippen LogP contribution in [-0.2, 0) is 38.8 Å². The summed E-state index contributed by atoms with van der Waals surface area (Å²) in [4.78, 5) is 29.0. The number of rotatable bonds is 12. The first kappa shape index (κ1) is 37.1. The van der Waals surface area contributed by atoms with Crippen LogP contribution in [0.3, 0.4) is 0 Å². The van der Waals surface area contributed by atoms with Crippen molar-refractivity contribution in [3.8, 4) is 0 Å². The number of halogens is 6. The lowest BCUT2D eigenvalue weighted by molar-refractivity contribution is -0.140. The summed E-state index contributed by atoms with van der Waals surface area (Å²) in [7, 11) is -4.64. The molecule has 48 heavy (non-hydrogen) atoms. The van der Waals surface area contributed by atoms with Crippen molar-refractivity contribution in [1.82, 2.24) is 10.2 Å². The van der Waals surface area contributed by atoms with Gasteiger partial charge in [0.15, 0.2) is 0 Å². The average Bonchev–Trinajstić information content (AvgIpc) is 3.03. The molecule has 0 radical (unpaired) electrons. The number of nitrogens with zero attached hydrogens (tertiary/aromatic N) is 2. The maximum atomic E-state index is 14.5. The van der Waals surface area contributed by atoms with Gasteiger partial charge in [-0.25, -0.2) is 8.42 Å². The minimum absolute atomic E-state index is 0.0352. The fourth-order valence-corrected chi connectivity index (χ4v) is 7.03. The summed E-state index contributed by atoms with van der Waals surface area (Å²) in [6.07, 6.45) is -4.89. The van der Waals surface area contributed by atoms with E-state index in [4.69, 9.17) is 34.8 Å². The number of sulfonamides is 1. The minimum atomic E-state index is -4.92. The SMILES string of the molecule is CCNC(=O)C(Cc1ccccc1)N(Cc1ccc(Cl)cc1Cl)C(=O)CN(c1ccc(Cl)c(C(F)(F)F)c1)S(=O)(=O)c1ccc(C)cc1. The molecule has 0 fully saturated rings. The Morgan fingerprint density at radius 2 is 1.54 bits per heavy atom. The van der Waals surface area contributed by atoms with Gasteiger partial charge in [-0.05, 0) is 67.4 Å². The van der Waals surface area contributed by atoms with Crippen molar-refractivity contribution < 1.29 is 31.2 Å². The third-order valence-corrected chi connectivity index (χ3v) is 10.1. The van der Waals surface area contributed by atoms with Crippen LogP contribution >= 0.6 is 34.8 Å². The smallest absolute Gasteiger partial charge is 0.355 e. The normalized spacial score (nSPS) is 12.3. The van der Waals surface area contributed by atoms with Crippen LogP contribution in [0.5, 0.6) is 0 Å². The molecule has 0 spiro atoms. The average molecular weight is 741 g/mol. The predicted molar refractivity (Wildman–Crippen MR) is 182 cm³/mol. The van der Waals surface area contributed by atoms with E-state index in [1.807, 2.05) is 0 Å². The fourth-order valence-electron chi connectivity index (χ4n) is 4.93. The Labute approximate surface area is 292 Å². The molecule has 0 aliphatic rings. The van der Waals surface area contributed by atoms with Crippen molar-refractivity contribution in [2.45, 2.75) is 43.9 Å². The second-order valence-corrected chi connectivity index (χ2v) is 14.0. The van der Waals surface area contributed by atoms with Crippen molar-refractivity contribution in [3.63, 3.8) is 0 Å². The Kier molecular flexibility index (Phi) is 12.1. The van der Waals surface area contributed by atoms with Gasteiger partial charge in [0.2, 0.25) is 11.8 Å². The van der Waals surface area contributed by atoms with Crippen LogP contribution < -0.4 is 9.62 Å². The summed E-state index contributed by atoms with van der Waals surface area (Å²) in [5.74, 6) is -1.41. The Balaban J connectivity index is 1.88. The number of alkyl halides is 3. The Morgan fingerprint density at radius 1 is 0.875 bits per heavy atom. The molecular formula is C34H31Cl3F3N3O4S. The number of likely N-dealkylation sites (N-methyl/N-ethyl adjacent to an activating group) is 1. The zero-order valence-electron chi connectivity index (χ0n) is 25.8. The lowest BCUT2D eigenvalue weighted by atomic mass is 10.0. The molecule has 7 nitrogen and oxygen atoms in total. The van der Waals surface area contributed by atoms with Crippen LogP contribution in [0.2, 0.25) is 15.1 Å². The van der Waals surface area contributed by atoms with Gasteiger partial charge < -0.3 is 10.2 Å². The molecule has 1 unspecified atom stereocenters. The third kappa shape index (κ3) is 9.02. The van der Waals surface area contributed by atoms with Crippen molar-refractivity contribution in [1.29, 1.82) is 0 Å². The molecule has 1 N–H and O–H groups in total. The largest absolute Gasteiger partial charge is 0.417 e. The zero-order chi connectivity index (χ0) is 35.2. The summed E-state index contributed by atoms with van der Waals surface area (Å²) in [6.45, 7) is 2.45. The second-order valence-electron chi connectivity index (χ2n) is 10.8. The van der Waals surface area contributed by atoms with Gasteiger partial charge in [0.1, 0.15) is 12.6 Å². The fraction of sp³-hybridized carbons (Fsp3) is 0.235. The maximum Gasteiger partial charge on any atom is 0.417 e. The molecule has 0 saturated heterocycles.